The summed E-state index contributed by atoms with van der Waals surface area (Å²) in [7, 11) is 7.16. The largest absolute Gasteiger partial charge is 0.444 e. The van der Waals surface area contributed by atoms with Crippen LogP contribution in [0.4, 0.5) is 9.59 Å². The van der Waals surface area contributed by atoms with Gasteiger partial charge in [-0.2, -0.15) is 0 Å². The molecule has 15 heteroatoms. The monoisotopic (exact) mass is 745 g/mol. The van der Waals surface area contributed by atoms with Crippen molar-refractivity contribution >= 4 is 33.8 Å². The third-order valence-corrected chi connectivity index (χ3v) is 8.60. The lowest BCUT2D eigenvalue weighted by molar-refractivity contribution is 0.00437. The first-order valence-corrected chi connectivity index (χ1v) is 19.8. The number of carbonyl (C=O) groups is 2. The molecule has 0 radical (unpaired) electrons. The van der Waals surface area contributed by atoms with Crippen molar-refractivity contribution in [3.63, 3.8) is 0 Å². The summed E-state index contributed by atoms with van der Waals surface area (Å²) in [5.41, 5.74) is 4.32. The van der Waals surface area contributed by atoms with Crippen LogP contribution in [0.15, 0.2) is 0 Å². The second kappa shape index (κ2) is 30.6. The highest BCUT2D eigenvalue weighted by Crippen LogP contribution is 2.37. The SMILES string of the molecule is CN(CCOCCOCCOCCN)C(=O)OC(C)(C)C.CSSC(C)(C)CCCCOCCOCCOCCN(C)C(=O)OC(C)(C)C. The smallest absolute Gasteiger partial charge is 0.410 e. The lowest BCUT2D eigenvalue weighted by Gasteiger charge is -2.24. The second-order valence-corrected chi connectivity index (χ2v) is 16.8. The fraction of sp³-hybridized carbons (Fsp3) is 0.941. The van der Waals surface area contributed by atoms with Crippen LogP contribution in [0.1, 0.15) is 74.7 Å². The molecule has 0 aromatic carbocycles. The number of carbonyl (C=O) groups excluding carboxylic acids is 2. The van der Waals surface area contributed by atoms with E-state index < -0.39 is 11.2 Å². The summed E-state index contributed by atoms with van der Waals surface area (Å²) in [6, 6.07) is 0. The van der Waals surface area contributed by atoms with Crippen LogP contribution in [0.25, 0.3) is 0 Å². The van der Waals surface area contributed by atoms with Gasteiger partial charge in [-0.3, -0.25) is 0 Å². The molecule has 0 aliphatic heterocycles. The molecule has 0 saturated heterocycles. The van der Waals surface area contributed by atoms with Crippen molar-refractivity contribution in [3.05, 3.63) is 0 Å². The maximum absolute atomic E-state index is 11.8. The number of nitrogens with zero attached hydrogens (tertiary/aromatic N) is 2. The number of amides is 2. The molecule has 0 rings (SSSR count). The summed E-state index contributed by atoms with van der Waals surface area (Å²) in [4.78, 5) is 26.4. The van der Waals surface area contributed by atoms with Crippen molar-refractivity contribution < 1.29 is 47.5 Å². The van der Waals surface area contributed by atoms with E-state index in [9.17, 15) is 9.59 Å². The van der Waals surface area contributed by atoms with Gasteiger partial charge in [0.15, 0.2) is 0 Å². The number of hydrogen-bond acceptors (Lipinski definition) is 13. The summed E-state index contributed by atoms with van der Waals surface area (Å²) in [6.07, 6.45) is 4.93. The Bertz CT molecular complexity index is 799. The Labute approximate surface area is 306 Å². The Morgan fingerprint density at radius 1 is 0.551 bits per heavy atom. The topological polar surface area (TPSA) is 140 Å². The first kappa shape index (κ1) is 50.1. The summed E-state index contributed by atoms with van der Waals surface area (Å²) >= 11 is 0. The normalized spacial score (nSPS) is 11.9. The maximum Gasteiger partial charge on any atom is 0.410 e. The van der Waals surface area contributed by atoms with Gasteiger partial charge >= 0.3 is 12.2 Å². The minimum atomic E-state index is -0.480. The highest BCUT2D eigenvalue weighted by molar-refractivity contribution is 8.76. The van der Waals surface area contributed by atoms with Crippen LogP contribution in [0, 0.1) is 0 Å². The number of hydrogen-bond donors (Lipinski definition) is 1. The van der Waals surface area contributed by atoms with Crippen LogP contribution < -0.4 is 5.73 Å². The zero-order valence-electron chi connectivity index (χ0n) is 32.6. The quantitative estimate of drug-likeness (QED) is 0.0810. The van der Waals surface area contributed by atoms with Gasteiger partial charge in [-0.1, -0.05) is 21.6 Å². The zero-order valence-corrected chi connectivity index (χ0v) is 34.2. The van der Waals surface area contributed by atoms with Crippen LogP contribution in [-0.4, -0.2) is 157 Å². The van der Waals surface area contributed by atoms with Gasteiger partial charge in [0.2, 0.25) is 0 Å². The second-order valence-electron chi connectivity index (χ2n) is 13.7. The van der Waals surface area contributed by atoms with Crippen LogP contribution >= 0.6 is 21.6 Å². The van der Waals surface area contributed by atoms with Crippen molar-refractivity contribution in [3.8, 4) is 0 Å². The van der Waals surface area contributed by atoms with Gasteiger partial charge < -0.3 is 53.4 Å². The Hall–Kier alpha value is -1.04. The lowest BCUT2D eigenvalue weighted by atomic mass is 10.1. The van der Waals surface area contributed by atoms with E-state index in [4.69, 9.17) is 43.6 Å². The Morgan fingerprint density at radius 3 is 1.24 bits per heavy atom. The van der Waals surface area contributed by atoms with Gasteiger partial charge in [0, 0.05) is 45.1 Å². The molecule has 0 aliphatic rings. The van der Waals surface area contributed by atoms with Gasteiger partial charge in [0.05, 0.1) is 72.7 Å². The molecule has 2 amide bonds. The number of unbranched alkanes of at least 4 members (excludes halogenated alkanes) is 1. The van der Waals surface area contributed by atoms with Gasteiger partial charge in [0.25, 0.3) is 0 Å². The third-order valence-electron chi connectivity index (χ3n) is 5.93. The Balaban J connectivity index is 0. The fourth-order valence-electron chi connectivity index (χ4n) is 3.45. The van der Waals surface area contributed by atoms with E-state index in [0.717, 1.165) is 13.0 Å². The molecule has 0 bridgehead atoms. The van der Waals surface area contributed by atoms with Crippen molar-refractivity contribution in [1.29, 1.82) is 0 Å². The molecule has 0 aromatic heterocycles. The minimum absolute atomic E-state index is 0.337. The molecule has 0 heterocycles. The molecule has 0 aromatic rings. The lowest BCUT2D eigenvalue weighted by Crippen LogP contribution is -2.36. The van der Waals surface area contributed by atoms with Crippen molar-refractivity contribution in [2.45, 2.75) is 90.6 Å². The number of likely N-dealkylation sites (N-methyl/N-ethyl adjacent to an activating group) is 2. The predicted octanol–water partition coefficient (Wildman–Crippen LogP) is 5.73. The van der Waals surface area contributed by atoms with Crippen LogP contribution in [0.5, 0.6) is 0 Å². The minimum Gasteiger partial charge on any atom is -0.444 e. The molecule has 0 unspecified atom stereocenters. The molecule has 294 valence electrons. The third kappa shape index (κ3) is 38.0. The van der Waals surface area contributed by atoms with E-state index in [2.05, 4.69) is 20.1 Å². The average Bonchev–Trinajstić information content (AvgIpc) is 2.98. The van der Waals surface area contributed by atoms with Crippen LogP contribution in [0.3, 0.4) is 0 Å². The zero-order chi connectivity index (χ0) is 37.6. The predicted molar refractivity (Wildman–Crippen MR) is 201 cm³/mol. The van der Waals surface area contributed by atoms with Gasteiger partial charge in [0.1, 0.15) is 11.2 Å². The molecule has 0 fully saturated rings. The van der Waals surface area contributed by atoms with E-state index in [-0.39, 0.29) is 12.2 Å². The van der Waals surface area contributed by atoms with E-state index in [1.807, 2.05) is 63.1 Å². The van der Waals surface area contributed by atoms with Gasteiger partial charge in [-0.25, -0.2) is 9.59 Å². The molecule has 0 spiro atoms. The van der Waals surface area contributed by atoms with Crippen LogP contribution in [-0.2, 0) is 37.9 Å². The number of ether oxygens (including phenoxy) is 8. The fourth-order valence-corrected chi connectivity index (χ4v) is 5.74. The molecule has 0 saturated carbocycles. The van der Waals surface area contributed by atoms with Crippen molar-refractivity contribution in [2.75, 3.05) is 119 Å². The molecule has 2 N–H and O–H groups in total. The highest BCUT2D eigenvalue weighted by atomic mass is 33.1. The van der Waals surface area contributed by atoms with Crippen LogP contribution in [0.2, 0.25) is 0 Å². The molecule has 13 nitrogen and oxygen atoms in total. The molecule has 0 atom stereocenters. The Kier molecular flexibility index (Phi) is 31.2. The molecule has 49 heavy (non-hydrogen) atoms. The highest BCUT2D eigenvalue weighted by Gasteiger charge is 2.20. The summed E-state index contributed by atoms with van der Waals surface area (Å²) in [5.74, 6) is 0. The summed E-state index contributed by atoms with van der Waals surface area (Å²) < 4.78 is 43.2. The number of nitrogens with two attached hydrogens (primary N) is 1. The summed E-state index contributed by atoms with van der Waals surface area (Å²) in [5, 5.41) is 0. The molecular formula is C34H71N3O10S2. The molecular weight excluding hydrogens is 675 g/mol. The van der Waals surface area contributed by atoms with Crippen molar-refractivity contribution in [1.82, 2.24) is 9.80 Å². The van der Waals surface area contributed by atoms with E-state index in [1.165, 1.54) is 22.6 Å². The first-order chi connectivity index (χ1) is 22.9. The van der Waals surface area contributed by atoms with Gasteiger partial charge in [-0.05, 0) is 80.9 Å². The number of rotatable bonds is 27. The Morgan fingerprint density at radius 2 is 0.898 bits per heavy atom. The first-order valence-electron chi connectivity index (χ1n) is 17.2. The van der Waals surface area contributed by atoms with Crippen molar-refractivity contribution in [2.24, 2.45) is 5.73 Å². The van der Waals surface area contributed by atoms with E-state index in [1.54, 1.807) is 14.1 Å². The van der Waals surface area contributed by atoms with E-state index >= 15 is 0 Å². The standard InChI is InChI=1S/C20H41NO5S2.C14H30N2O5/c1-19(2,3)26-18(22)21(6)11-13-24-15-17-25-16-14-23-12-9-8-10-20(4,5)28-27-7;1-14(2,3)21-13(17)16(4)6-8-19-10-12-20-11-9-18-7-5-15/h8-17H2,1-7H3;5-12,15H2,1-4H3. The van der Waals surface area contributed by atoms with Gasteiger partial charge in [-0.15, -0.1) is 0 Å². The maximum atomic E-state index is 11.8. The summed E-state index contributed by atoms with van der Waals surface area (Å²) in [6.45, 7) is 23.7. The average molecular weight is 746 g/mol. The molecule has 0 aliphatic carbocycles. The van der Waals surface area contributed by atoms with E-state index in [0.29, 0.717) is 97.1 Å².